The molecule has 2 aromatic rings. The molecule has 0 aliphatic carbocycles. The van der Waals surface area contributed by atoms with Crippen LogP contribution < -0.4 is 10.1 Å². The van der Waals surface area contributed by atoms with E-state index in [0.29, 0.717) is 27.7 Å². The predicted molar refractivity (Wildman–Crippen MR) is 90.3 cm³/mol. The van der Waals surface area contributed by atoms with Crippen LogP contribution in [0, 0.1) is 6.92 Å². The molecule has 0 spiro atoms. The van der Waals surface area contributed by atoms with Crippen LogP contribution in [-0.4, -0.2) is 29.7 Å². The number of aromatic nitrogens is 1. The molecule has 0 radical (unpaired) electrons. The number of ether oxygens (including phenoxy) is 2. The summed E-state index contributed by atoms with van der Waals surface area (Å²) < 4.78 is 15.5. The van der Waals surface area contributed by atoms with Gasteiger partial charge in [0, 0.05) is 16.7 Å². The standard InChI is InChI=1S/C17H15ClN2O5/c1-9-5-15(20-25-9)19-16(21)10(2)24-17(22)12-6-11-7-13(18)3-4-14(11)23-8-12/h3-7,10H,8H2,1-2H3,(H,19,20,21). The van der Waals surface area contributed by atoms with Crippen molar-refractivity contribution in [2.45, 2.75) is 20.0 Å². The molecule has 1 aliphatic rings. The fourth-order valence-electron chi connectivity index (χ4n) is 2.21. The van der Waals surface area contributed by atoms with E-state index in [-0.39, 0.29) is 12.4 Å². The molecule has 0 saturated heterocycles. The average Bonchev–Trinajstić information content (AvgIpc) is 2.98. The third kappa shape index (κ3) is 4.00. The Morgan fingerprint density at radius 2 is 2.16 bits per heavy atom. The minimum atomic E-state index is -1.01. The second-order valence-electron chi connectivity index (χ2n) is 5.50. The van der Waals surface area contributed by atoms with Gasteiger partial charge in [0.05, 0.1) is 5.57 Å². The molecule has 1 N–H and O–H groups in total. The van der Waals surface area contributed by atoms with E-state index in [1.54, 1.807) is 37.3 Å². The summed E-state index contributed by atoms with van der Waals surface area (Å²) in [6.45, 7) is 3.23. The van der Waals surface area contributed by atoms with E-state index in [2.05, 4.69) is 10.5 Å². The summed E-state index contributed by atoms with van der Waals surface area (Å²) >= 11 is 5.94. The van der Waals surface area contributed by atoms with Crippen molar-refractivity contribution in [2.24, 2.45) is 0 Å². The highest BCUT2D eigenvalue weighted by Crippen LogP contribution is 2.29. The lowest BCUT2D eigenvalue weighted by molar-refractivity contribution is -0.149. The first kappa shape index (κ1) is 17.0. The summed E-state index contributed by atoms with van der Waals surface area (Å²) in [4.78, 5) is 24.3. The lowest BCUT2D eigenvalue weighted by Crippen LogP contribution is -2.31. The zero-order valence-corrected chi connectivity index (χ0v) is 14.3. The van der Waals surface area contributed by atoms with E-state index < -0.39 is 18.0 Å². The first-order valence-corrected chi connectivity index (χ1v) is 7.88. The second-order valence-corrected chi connectivity index (χ2v) is 5.94. The Bertz CT molecular complexity index is 858. The van der Waals surface area contributed by atoms with E-state index >= 15 is 0 Å². The summed E-state index contributed by atoms with van der Waals surface area (Å²) in [6.07, 6.45) is 0.629. The van der Waals surface area contributed by atoms with Gasteiger partial charge in [-0.15, -0.1) is 0 Å². The van der Waals surface area contributed by atoms with Gasteiger partial charge in [-0.2, -0.15) is 0 Å². The van der Waals surface area contributed by atoms with Gasteiger partial charge in [-0.05, 0) is 38.1 Å². The molecule has 1 aromatic heterocycles. The van der Waals surface area contributed by atoms with Crippen LogP contribution in [0.3, 0.4) is 0 Å². The smallest absolute Gasteiger partial charge is 0.338 e. The fraction of sp³-hybridized carbons (Fsp3) is 0.235. The molecule has 1 aliphatic heterocycles. The molecule has 130 valence electrons. The van der Waals surface area contributed by atoms with Crippen LogP contribution in [0.25, 0.3) is 6.08 Å². The third-order valence-corrected chi connectivity index (χ3v) is 3.71. The first-order valence-electron chi connectivity index (χ1n) is 7.50. The van der Waals surface area contributed by atoms with E-state index in [0.717, 1.165) is 0 Å². The number of nitrogens with one attached hydrogen (secondary N) is 1. The Morgan fingerprint density at radius 3 is 2.88 bits per heavy atom. The lowest BCUT2D eigenvalue weighted by atomic mass is 10.1. The number of anilines is 1. The third-order valence-electron chi connectivity index (χ3n) is 3.48. The number of hydrogen-bond donors (Lipinski definition) is 1. The van der Waals surface area contributed by atoms with Gasteiger partial charge in [-0.1, -0.05) is 16.8 Å². The van der Waals surface area contributed by atoms with Crippen LogP contribution in [0.5, 0.6) is 5.75 Å². The number of fused-ring (bicyclic) bond motifs is 1. The van der Waals surface area contributed by atoms with Crippen molar-refractivity contribution in [2.75, 3.05) is 11.9 Å². The minimum absolute atomic E-state index is 0.0598. The fourth-order valence-corrected chi connectivity index (χ4v) is 2.39. The number of rotatable bonds is 4. The molecule has 7 nitrogen and oxygen atoms in total. The Hall–Kier alpha value is -2.80. The van der Waals surface area contributed by atoms with E-state index in [1.807, 2.05) is 0 Å². The zero-order valence-electron chi connectivity index (χ0n) is 13.5. The second kappa shape index (κ2) is 6.98. The molecule has 25 heavy (non-hydrogen) atoms. The van der Waals surface area contributed by atoms with Crippen LogP contribution in [0.2, 0.25) is 5.02 Å². The molecule has 1 atom stereocenters. The molecule has 0 saturated carbocycles. The largest absolute Gasteiger partial charge is 0.488 e. The SMILES string of the molecule is Cc1cc(NC(=O)C(C)OC(=O)C2=Cc3cc(Cl)ccc3OC2)no1. The molecule has 0 bridgehead atoms. The highest BCUT2D eigenvalue weighted by atomic mass is 35.5. The minimum Gasteiger partial charge on any atom is -0.488 e. The maximum Gasteiger partial charge on any atom is 0.338 e. The molecule has 1 unspecified atom stereocenters. The summed E-state index contributed by atoms with van der Waals surface area (Å²) in [5.74, 6) is 0.302. The van der Waals surface area contributed by atoms with Crippen LogP contribution in [0.1, 0.15) is 18.2 Å². The van der Waals surface area contributed by atoms with Gasteiger partial charge < -0.3 is 19.3 Å². The highest BCUT2D eigenvalue weighted by Gasteiger charge is 2.24. The van der Waals surface area contributed by atoms with E-state index in [4.69, 9.17) is 25.6 Å². The molecule has 1 amide bonds. The average molecular weight is 363 g/mol. The maximum absolute atomic E-state index is 12.2. The number of aryl methyl sites for hydroxylation is 1. The van der Waals surface area contributed by atoms with Gasteiger partial charge in [0.15, 0.2) is 11.9 Å². The van der Waals surface area contributed by atoms with Crippen molar-refractivity contribution in [3.05, 3.63) is 46.2 Å². The Balaban J connectivity index is 1.64. The molecular formula is C17H15ClN2O5. The van der Waals surface area contributed by atoms with Crippen molar-refractivity contribution in [3.63, 3.8) is 0 Å². The predicted octanol–water partition coefficient (Wildman–Crippen LogP) is 2.98. The number of carbonyl (C=O) groups is 2. The quantitative estimate of drug-likeness (QED) is 0.841. The Kier molecular flexibility index (Phi) is 4.76. The summed E-state index contributed by atoms with van der Waals surface area (Å²) in [5.41, 5.74) is 0.979. The van der Waals surface area contributed by atoms with Gasteiger partial charge >= 0.3 is 5.97 Å². The lowest BCUT2D eigenvalue weighted by Gasteiger charge is -2.19. The molecule has 0 fully saturated rings. The van der Waals surface area contributed by atoms with Gasteiger partial charge in [0.2, 0.25) is 0 Å². The Morgan fingerprint density at radius 1 is 1.36 bits per heavy atom. The number of amides is 1. The number of benzene rings is 1. The van der Waals surface area contributed by atoms with Gasteiger partial charge in [-0.3, -0.25) is 4.79 Å². The first-order chi connectivity index (χ1) is 11.9. The van der Waals surface area contributed by atoms with Crippen molar-refractivity contribution in [1.29, 1.82) is 0 Å². The summed E-state index contributed by atoms with van der Waals surface area (Å²) in [7, 11) is 0. The molecule has 2 heterocycles. The van der Waals surface area contributed by atoms with E-state index in [1.165, 1.54) is 6.92 Å². The topological polar surface area (TPSA) is 90.7 Å². The Labute approximate surface area is 148 Å². The summed E-state index contributed by atoms with van der Waals surface area (Å²) in [5, 5.41) is 6.69. The van der Waals surface area contributed by atoms with Crippen LogP contribution >= 0.6 is 11.6 Å². The number of carbonyl (C=O) groups excluding carboxylic acids is 2. The van der Waals surface area contributed by atoms with Crippen LogP contribution in [0.4, 0.5) is 5.82 Å². The number of nitrogens with zero attached hydrogens (tertiary/aromatic N) is 1. The van der Waals surface area contributed by atoms with E-state index in [9.17, 15) is 9.59 Å². The van der Waals surface area contributed by atoms with Crippen molar-refractivity contribution in [1.82, 2.24) is 5.16 Å². The van der Waals surface area contributed by atoms with Gasteiger partial charge in [-0.25, -0.2) is 4.79 Å². The van der Waals surface area contributed by atoms with Gasteiger partial charge in [0.1, 0.15) is 18.1 Å². The molecule has 3 rings (SSSR count). The van der Waals surface area contributed by atoms with Crippen molar-refractivity contribution < 1.29 is 23.6 Å². The molecular weight excluding hydrogens is 348 g/mol. The maximum atomic E-state index is 12.2. The summed E-state index contributed by atoms with van der Waals surface area (Å²) in [6, 6.07) is 6.68. The molecule has 8 heteroatoms. The number of esters is 1. The monoisotopic (exact) mass is 362 g/mol. The number of hydrogen-bond acceptors (Lipinski definition) is 6. The van der Waals surface area contributed by atoms with Crippen molar-refractivity contribution >= 4 is 35.4 Å². The highest BCUT2D eigenvalue weighted by molar-refractivity contribution is 6.30. The van der Waals surface area contributed by atoms with Gasteiger partial charge in [0.25, 0.3) is 5.91 Å². The zero-order chi connectivity index (χ0) is 18.0. The normalized spacial score (nSPS) is 14.0. The number of halogens is 1. The van der Waals surface area contributed by atoms with Crippen molar-refractivity contribution in [3.8, 4) is 5.75 Å². The van der Waals surface area contributed by atoms with Crippen LogP contribution in [0.15, 0.2) is 34.4 Å². The molecule has 1 aromatic carbocycles. The van der Waals surface area contributed by atoms with Crippen LogP contribution in [-0.2, 0) is 14.3 Å².